The van der Waals surface area contributed by atoms with Crippen LogP contribution in [0.5, 0.6) is 0 Å². The van der Waals surface area contributed by atoms with Gasteiger partial charge in [-0.15, -0.1) is 6.58 Å². The van der Waals surface area contributed by atoms with Crippen LogP contribution in [0.25, 0.3) is 0 Å². The average molecular weight is 378 g/mol. The Hall–Kier alpha value is -1.87. The molecule has 2 aliphatic rings. The van der Waals surface area contributed by atoms with Crippen molar-refractivity contribution in [3.05, 3.63) is 66.3 Å². The Morgan fingerprint density at radius 3 is 2.75 bits per heavy atom. The fraction of sp³-hybridized carbons (Fsp3) is 0.560. The first-order valence-corrected chi connectivity index (χ1v) is 11.2. The second kappa shape index (κ2) is 9.56. The topological polar surface area (TPSA) is 31.9 Å². The van der Waals surface area contributed by atoms with E-state index in [2.05, 4.69) is 59.1 Å². The SMILES string of the molecule is C=CC1CCCC1c1nc(CN(CCCCc2ccccc2)CC2CC2)c[nH]1. The van der Waals surface area contributed by atoms with Crippen LogP contribution >= 0.6 is 0 Å². The molecule has 2 aromatic rings. The van der Waals surface area contributed by atoms with Crippen LogP contribution in [0.2, 0.25) is 0 Å². The van der Waals surface area contributed by atoms with Gasteiger partial charge in [-0.25, -0.2) is 4.98 Å². The predicted molar refractivity (Wildman–Crippen MR) is 116 cm³/mol. The molecule has 4 rings (SSSR count). The number of nitrogens with one attached hydrogen (secondary N) is 1. The lowest BCUT2D eigenvalue weighted by atomic mass is 9.96. The Bertz CT molecular complexity index is 731. The van der Waals surface area contributed by atoms with Gasteiger partial charge in [-0.2, -0.15) is 0 Å². The number of aromatic nitrogens is 2. The van der Waals surface area contributed by atoms with Gasteiger partial charge in [0.15, 0.2) is 0 Å². The van der Waals surface area contributed by atoms with E-state index in [0.29, 0.717) is 11.8 Å². The normalized spacial score (nSPS) is 22.0. The number of unbranched alkanes of at least 4 members (excludes halogenated alkanes) is 1. The lowest BCUT2D eigenvalue weighted by molar-refractivity contribution is 0.247. The van der Waals surface area contributed by atoms with Crippen LogP contribution in [-0.4, -0.2) is 28.0 Å². The summed E-state index contributed by atoms with van der Waals surface area (Å²) in [6.07, 6.45) is 14.6. The maximum atomic E-state index is 4.99. The van der Waals surface area contributed by atoms with Crippen LogP contribution in [0.15, 0.2) is 49.2 Å². The van der Waals surface area contributed by atoms with Crippen LogP contribution in [0.4, 0.5) is 0 Å². The zero-order valence-corrected chi connectivity index (χ0v) is 17.2. The summed E-state index contributed by atoms with van der Waals surface area (Å²) in [5, 5.41) is 0. The van der Waals surface area contributed by atoms with Crippen molar-refractivity contribution < 1.29 is 0 Å². The number of rotatable bonds is 11. The minimum atomic E-state index is 0.550. The Morgan fingerprint density at radius 1 is 1.11 bits per heavy atom. The molecule has 1 N–H and O–H groups in total. The Kier molecular flexibility index (Phi) is 6.64. The molecule has 0 amide bonds. The van der Waals surface area contributed by atoms with Crippen molar-refractivity contribution in [3.63, 3.8) is 0 Å². The molecule has 150 valence electrons. The van der Waals surface area contributed by atoms with Crippen LogP contribution in [0.3, 0.4) is 0 Å². The van der Waals surface area contributed by atoms with E-state index in [0.717, 1.165) is 12.5 Å². The van der Waals surface area contributed by atoms with Crippen molar-refractivity contribution in [1.82, 2.24) is 14.9 Å². The van der Waals surface area contributed by atoms with Crippen molar-refractivity contribution >= 4 is 0 Å². The number of nitrogens with zero attached hydrogens (tertiary/aromatic N) is 2. The largest absolute Gasteiger partial charge is 0.348 e. The summed E-state index contributed by atoms with van der Waals surface area (Å²) in [6, 6.07) is 10.9. The molecule has 28 heavy (non-hydrogen) atoms. The third-order valence-electron chi connectivity index (χ3n) is 6.51. The number of allylic oxidation sites excluding steroid dienone is 1. The van der Waals surface area contributed by atoms with Crippen molar-refractivity contribution in [2.45, 2.75) is 63.8 Å². The monoisotopic (exact) mass is 377 g/mol. The third kappa shape index (κ3) is 5.35. The summed E-state index contributed by atoms with van der Waals surface area (Å²) in [5.74, 6) is 3.26. The van der Waals surface area contributed by atoms with Gasteiger partial charge in [-0.3, -0.25) is 4.90 Å². The third-order valence-corrected chi connectivity index (χ3v) is 6.51. The highest BCUT2D eigenvalue weighted by Gasteiger charge is 2.29. The highest BCUT2D eigenvalue weighted by molar-refractivity contribution is 5.14. The van der Waals surface area contributed by atoms with Crippen LogP contribution in [0.1, 0.15) is 67.9 Å². The summed E-state index contributed by atoms with van der Waals surface area (Å²) in [4.78, 5) is 11.1. The molecule has 2 aliphatic carbocycles. The smallest absolute Gasteiger partial charge is 0.110 e. The molecule has 0 aliphatic heterocycles. The molecular weight excluding hydrogens is 342 g/mol. The van der Waals surface area contributed by atoms with E-state index >= 15 is 0 Å². The molecule has 0 bridgehead atoms. The second-order valence-corrected chi connectivity index (χ2v) is 8.84. The number of benzene rings is 1. The molecule has 2 saturated carbocycles. The van der Waals surface area contributed by atoms with Crippen molar-refractivity contribution in [1.29, 1.82) is 0 Å². The van der Waals surface area contributed by atoms with Crippen molar-refractivity contribution in [2.75, 3.05) is 13.1 Å². The molecule has 1 heterocycles. The summed E-state index contributed by atoms with van der Waals surface area (Å²) in [5.41, 5.74) is 2.68. The molecule has 0 radical (unpaired) electrons. The zero-order chi connectivity index (χ0) is 19.2. The minimum Gasteiger partial charge on any atom is -0.348 e. The van der Waals surface area contributed by atoms with E-state index in [4.69, 9.17) is 4.98 Å². The number of hydrogen-bond acceptors (Lipinski definition) is 2. The summed E-state index contributed by atoms with van der Waals surface area (Å²) < 4.78 is 0. The molecule has 0 spiro atoms. The van der Waals surface area contributed by atoms with E-state index < -0.39 is 0 Å². The van der Waals surface area contributed by atoms with E-state index in [-0.39, 0.29) is 0 Å². The van der Waals surface area contributed by atoms with Gasteiger partial charge >= 0.3 is 0 Å². The molecule has 2 atom stereocenters. The number of H-pyrrole nitrogens is 1. The van der Waals surface area contributed by atoms with E-state index in [1.165, 1.54) is 81.5 Å². The fourth-order valence-corrected chi connectivity index (χ4v) is 4.70. The zero-order valence-electron chi connectivity index (χ0n) is 17.2. The summed E-state index contributed by atoms with van der Waals surface area (Å²) in [6.45, 7) is 7.44. The molecular formula is C25H35N3. The summed E-state index contributed by atoms with van der Waals surface area (Å²) in [7, 11) is 0. The second-order valence-electron chi connectivity index (χ2n) is 8.84. The molecule has 1 aromatic heterocycles. The van der Waals surface area contributed by atoms with Crippen LogP contribution < -0.4 is 0 Å². The molecule has 2 unspecified atom stereocenters. The van der Waals surface area contributed by atoms with Gasteiger partial charge in [-0.1, -0.05) is 42.8 Å². The van der Waals surface area contributed by atoms with Gasteiger partial charge in [0.2, 0.25) is 0 Å². The highest BCUT2D eigenvalue weighted by Crippen LogP contribution is 2.39. The molecule has 3 nitrogen and oxygen atoms in total. The van der Waals surface area contributed by atoms with Gasteiger partial charge < -0.3 is 4.98 Å². The van der Waals surface area contributed by atoms with Gasteiger partial charge in [-0.05, 0) is 68.9 Å². The van der Waals surface area contributed by atoms with Crippen molar-refractivity contribution in [3.8, 4) is 0 Å². The fourth-order valence-electron chi connectivity index (χ4n) is 4.70. The van der Waals surface area contributed by atoms with Gasteiger partial charge in [0.1, 0.15) is 5.82 Å². The lowest BCUT2D eigenvalue weighted by Gasteiger charge is -2.21. The van der Waals surface area contributed by atoms with Crippen LogP contribution in [-0.2, 0) is 13.0 Å². The molecule has 1 aromatic carbocycles. The lowest BCUT2D eigenvalue weighted by Crippen LogP contribution is -2.27. The Labute approximate surface area is 170 Å². The van der Waals surface area contributed by atoms with Crippen LogP contribution in [0, 0.1) is 11.8 Å². The number of hydrogen-bond donors (Lipinski definition) is 1. The standard InChI is InChI=1S/C25H35N3/c1-2-22-12-8-13-24(22)25-26-17-23(27-25)19-28(18-21-14-15-21)16-7-6-11-20-9-4-3-5-10-20/h2-5,9-10,17,21-22,24H,1,6-8,11-16,18-19H2,(H,26,27). The average Bonchev–Trinajstić information content (AvgIpc) is 3.21. The number of imidazole rings is 1. The Morgan fingerprint density at radius 2 is 1.96 bits per heavy atom. The first kappa shape index (κ1) is 19.4. The quantitative estimate of drug-likeness (QED) is 0.401. The molecule has 0 saturated heterocycles. The van der Waals surface area contributed by atoms with E-state index in [9.17, 15) is 0 Å². The predicted octanol–water partition coefficient (Wildman–Crippen LogP) is 5.71. The van der Waals surface area contributed by atoms with E-state index in [1.54, 1.807) is 0 Å². The summed E-state index contributed by atoms with van der Waals surface area (Å²) >= 11 is 0. The molecule has 2 fully saturated rings. The van der Waals surface area contributed by atoms with Gasteiger partial charge in [0, 0.05) is 25.2 Å². The molecule has 3 heteroatoms. The van der Waals surface area contributed by atoms with Crippen molar-refractivity contribution in [2.24, 2.45) is 11.8 Å². The maximum Gasteiger partial charge on any atom is 0.110 e. The van der Waals surface area contributed by atoms with E-state index in [1.807, 2.05) is 0 Å². The Balaban J connectivity index is 1.28. The van der Waals surface area contributed by atoms with Gasteiger partial charge in [0.25, 0.3) is 0 Å². The maximum absolute atomic E-state index is 4.99. The van der Waals surface area contributed by atoms with Gasteiger partial charge in [0.05, 0.1) is 5.69 Å². The number of aryl methyl sites for hydroxylation is 1. The first-order chi connectivity index (χ1) is 13.8. The first-order valence-electron chi connectivity index (χ1n) is 11.2. The minimum absolute atomic E-state index is 0.550. The highest BCUT2D eigenvalue weighted by atomic mass is 15.1. The number of aromatic amines is 1.